The Balaban J connectivity index is 2.96. The fourth-order valence-electron chi connectivity index (χ4n) is 1.75. The minimum atomic E-state index is -4.90. The number of hydrogen-bond acceptors (Lipinski definition) is 3. The summed E-state index contributed by atoms with van der Waals surface area (Å²) in [5.74, 6) is -0.636. The van der Waals surface area contributed by atoms with Crippen molar-refractivity contribution in [2.24, 2.45) is 0 Å². The summed E-state index contributed by atoms with van der Waals surface area (Å²) in [5, 5.41) is 20.1. The zero-order chi connectivity index (χ0) is 13.5. The summed E-state index contributed by atoms with van der Waals surface area (Å²) < 4.78 is 38.1. The van der Waals surface area contributed by atoms with Gasteiger partial charge in [0.25, 0.3) is 5.69 Å². The molecule has 0 atom stereocenters. The number of alkyl halides is 3. The van der Waals surface area contributed by atoms with E-state index in [0.29, 0.717) is 6.07 Å². The average molecular weight is 257 g/mol. The summed E-state index contributed by atoms with van der Waals surface area (Å²) in [4.78, 5) is 9.72. The van der Waals surface area contributed by atoms with Crippen LogP contribution in [0.1, 0.15) is 5.56 Å². The molecule has 0 saturated heterocycles. The maximum absolute atomic E-state index is 12.7. The molecule has 0 radical (unpaired) electrons. The van der Waals surface area contributed by atoms with Crippen LogP contribution in [0.2, 0.25) is 0 Å². The first-order valence-electron chi connectivity index (χ1n) is 4.78. The van der Waals surface area contributed by atoms with Gasteiger partial charge in [-0.2, -0.15) is 13.2 Å². The highest BCUT2D eigenvalue weighted by Gasteiger charge is 2.40. The topological polar surface area (TPSA) is 63.4 Å². The number of halogens is 3. The maximum Gasteiger partial charge on any atom is 0.423 e. The van der Waals surface area contributed by atoms with E-state index in [9.17, 15) is 28.4 Å². The molecule has 7 heteroatoms. The van der Waals surface area contributed by atoms with Crippen molar-refractivity contribution in [1.82, 2.24) is 0 Å². The van der Waals surface area contributed by atoms with Crippen molar-refractivity contribution < 1.29 is 23.2 Å². The Kier molecular flexibility index (Phi) is 2.61. The van der Waals surface area contributed by atoms with Crippen LogP contribution < -0.4 is 0 Å². The minimum Gasteiger partial charge on any atom is -0.507 e. The van der Waals surface area contributed by atoms with Crippen LogP contribution in [0.5, 0.6) is 5.75 Å². The number of nitro benzene ring substituents is 1. The third-order valence-corrected chi connectivity index (χ3v) is 2.48. The van der Waals surface area contributed by atoms with E-state index in [2.05, 4.69) is 0 Å². The van der Waals surface area contributed by atoms with Gasteiger partial charge in [0.1, 0.15) is 11.3 Å². The maximum atomic E-state index is 12.7. The van der Waals surface area contributed by atoms with Crippen LogP contribution in [0.3, 0.4) is 0 Å². The summed E-state index contributed by atoms with van der Waals surface area (Å²) in [6, 6.07) is 5.70. The lowest BCUT2D eigenvalue weighted by molar-refractivity contribution is -0.386. The van der Waals surface area contributed by atoms with Crippen LogP contribution in [0.4, 0.5) is 18.9 Å². The molecular weight excluding hydrogens is 251 g/mol. The lowest BCUT2D eigenvalue weighted by atomic mass is 10.0. The Hall–Kier alpha value is -2.31. The molecule has 94 valence electrons. The van der Waals surface area contributed by atoms with E-state index in [1.807, 2.05) is 0 Å². The van der Waals surface area contributed by atoms with Crippen LogP contribution in [0.15, 0.2) is 30.3 Å². The normalized spacial score (nSPS) is 11.7. The third-order valence-electron chi connectivity index (χ3n) is 2.48. The smallest absolute Gasteiger partial charge is 0.423 e. The van der Waals surface area contributed by atoms with Gasteiger partial charge in [-0.15, -0.1) is 0 Å². The molecule has 0 spiro atoms. The summed E-state index contributed by atoms with van der Waals surface area (Å²) in [5.41, 5.74) is -2.50. The number of benzene rings is 2. The number of nitro groups is 1. The molecule has 1 N–H and O–H groups in total. The first-order chi connectivity index (χ1) is 8.32. The van der Waals surface area contributed by atoms with Crippen molar-refractivity contribution in [2.75, 3.05) is 0 Å². The van der Waals surface area contributed by atoms with Crippen LogP contribution in [-0.4, -0.2) is 10.0 Å². The number of hydrogen-bond donors (Lipinski definition) is 1. The number of phenolic OH excluding ortho intramolecular Hbond substituents is 1. The molecule has 0 heterocycles. The molecule has 0 bridgehead atoms. The summed E-state index contributed by atoms with van der Waals surface area (Å²) >= 11 is 0. The highest BCUT2D eigenvalue weighted by Crippen LogP contribution is 2.43. The quantitative estimate of drug-likeness (QED) is 0.628. The fraction of sp³-hybridized carbons (Fsp3) is 0.0909. The SMILES string of the molecule is O=[N+]([O-])c1c(C(F)(F)F)cc(O)c2ccccc12. The Labute approximate surface area is 98.4 Å². The molecule has 18 heavy (non-hydrogen) atoms. The van der Waals surface area contributed by atoms with E-state index >= 15 is 0 Å². The largest absolute Gasteiger partial charge is 0.507 e. The highest BCUT2D eigenvalue weighted by molar-refractivity contribution is 5.96. The lowest BCUT2D eigenvalue weighted by Crippen LogP contribution is -2.09. The van der Waals surface area contributed by atoms with Crippen molar-refractivity contribution >= 4 is 16.5 Å². The molecule has 4 nitrogen and oxygen atoms in total. The van der Waals surface area contributed by atoms with Crippen LogP contribution in [0, 0.1) is 10.1 Å². The molecule has 0 aromatic heterocycles. The van der Waals surface area contributed by atoms with Crippen molar-refractivity contribution in [2.45, 2.75) is 6.18 Å². The van der Waals surface area contributed by atoms with Gasteiger partial charge in [0.2, 0.25) is 0 Å². The second-order valence-corrected chi connectivity index (χ2v) is 3.59. The predicted molar refractivity (Wildman–Crippen MR) is 57.3 cm³/mol. The third kappa shape index (κ3) is 1.83. The van der Waals surface area contributed by atoms with Gasteiger partial charge >= 0.3 is 6.18 Å². The first-order valence-corrected chi connectivity index (χ1v) is 4.78. The van der Waals surface area contributed by atoms with E-state index in [1.54, 1.807) is 0 Å². The molecule has 0 aliphatic rings. The molecular formula is C11H6F3NO3. The Bertz CT molecular complexity index is 637. The molecule has 2 aromatic rings. The molecule has 2 rings (SSSR count). The summed E-state index contributed by atoms with van der Waals surface area (Å²) in [6.07, 6.45) is -4.90. The summed E-state index contributed by atoms with van der Waals surface area (Å²) in [7, 11) is 0. The highest BCUT2D eigenvalue weighted by atomic mass is 19.4. The minimum absolute atomic E-state index is 0.0113. The van der Waals surface area contributed by atoms with Gasteiger partial charge in [-0.3, -0.25) is 10.1 Å². The zero-order valence-electron chi connectivity index (χ0n) is 8.73. The molecule has 0 saturated carbocycles. The van der Waals surface area contributed by atoms with Gasteiger partial charge in [-0.1, -0.05) is 18.2 Å². The standard InChI is InChI=1S/C11H6F3NO3/c12-11(13,14)8-5-9(16)6-3-1-2-4-7(6)10(8)15(17)18/h1-5,16H. The van der Waals surface area contributed by atoms with E-state index in [-0.39, 0.29) is 10.8 Å². The number of nitrogens with zero attached hydrogens (tertiary/aromatic N) is 1. The Morgan fingerprint density at radius 2 is 1.72 bits per heavy atom. The second kappa shape index (κ2) is 3.86. The Morgan fingerprint density at radius 3 is 2.22 bits per heavy atom. The molecule has 0 amide bonds. The summed E-state index contributed by atoms with van der Waals surface area (Å²) in [6.45, 7) is 0. The van der Waals surface area contributed by atoms with Gasteiger partial charge in [0.15, 0.2) is 0 Å². The number of fused-ring (bicyclic) bond motifs is 1. The van der Waals surface area contributed by atoms with Crippen LogP contribution >= 0.6 is 0 Å². The van der Waals surface area contributed by atoms with Crippen molar-refractivity contribution in [3.63, 3.8) is 0 Å². The van der Waals surface area contributed by atoms with Gasteiger partial charge < -0.3 is 5.11 Å². The van der Waals surface area contributed by atoms with Crippen LogP contribution in [0.25, 0.3) is 10.8 Å². The van der Waals surface area contributed by atoms with Gasteiger partial charge in [-0.05, 0) is 12.1 Å². The fourth-order valence-corrected chi connectivity index (χ4v) is 1.75. The molecule has 0 aliphatic heterocycles. The van der Waals surface area contributed by atoms with E-state index < -0.39 is 28.1 Å². The second-order valence-electron chi connectivity index (χ2n) is 3.59. The van der Waals surface area contributed by atoms with Crippen molar-refractivity contribution in [3.05, 3.63) is 46.0 Å². The van der Waals surface area contributed by atoms with E-state index in [0.717, 1.165) is 0 Å². The Morgan fingerprint density at radius 1 is 1.17 bits per heavy atom. The predicted octanol–water partition coefficient (Wildman–Crippen LogP) is 3.47. The van der Waals surface area contributed by atoms with Crippen LogP contribution in [-0.2, 0) is 6.18 Å². The molecule has 0 fully saturated rings. The number of phenols is 1. The van der Waals surface area contributed by atoms with E-state index in [4.69, 9.17) is 0 Å². The van der Waals surface area contributed by atoms with Gasteiger partial charge in [0, 0.05) is 5.39 Å². The van der Waals surface area contributed by atoms with Gasteiger partial charge in [-0.25, -0.2) is 0 Å². The van der Waals surface area contributed by atoms with Crippen molar-refractivity contribution in [1.29, 1.82) is 0 Å². The molecule has 0 unspecified atom stereocenters. The number of rotatable bonds is 1. The lowest BCUT2D eigenvalue weighted by Gasteiger charge is -2.10. The molecule has 2 aromatic carbocycles. The first kappa shape index (κ1) is 12.2. The monoisotopic (exact) mass is 257 g/mol. The number of aromatic hydroxyl groups is 1. The van der Waals surface area contributed by atoms with E-state index in [1.165, 1.54) is 24.3 Å². The van der Waals surface area contributed by atoms with Gasteiger partial charge in [0.05, 0.1) is 10.3 Å². The molecule has 0 aliphatic carbocycles. The zero-order valence-corrected chi connectivity index (χ0v) is 8.73. The average Bonchev–Trinajstić information content (AvgIpc) is 2.27. The van der Waals surface area contributed by atoms with Crippen molar-refractivity contribution in [3.8, 4) is 5.75 Å².